The van der Waals surface area contributed by atoms with Crippen LogP contribution in [-0.4, -0.2) is 86.6 Å². The number of aliphatic hydroxyl groups is 1. The van der Waals surface area contributed by atoms with E-state index in [1.54, 1.807) is 4.68 Å². The van der Waals surface area contributed by atoms with E-state index in [9.17, 15) is 5.11 Å². The fourth-order valence-corrected chi connectivity index (χ4v) is 4.62. The van der Waals surface area contributed by atoms with Crippen molar-refractivity contribution in [2.24, 2.45) is 0 Å². The quantitative estimate of drug-likeness (QED) is 0.659. The van der Waals surface area contributed by atoms with Crippen molar-refractivity contribution in [2.45, 2.75) is 18.4 Å². The van der Waals surface area contributed by atoms with Gasteiger partial charge in [-0.05, 0) is 47.5 Å². The van der Waals surface area contributed by atoms with Gasteiger partial charge in [-0.25, -0.2) is 4.98 Å². The van der Waals surface area contributed by atoms with Crippen molar-refractivity contribution in [2.75, 3.05) is 55.6 Å². The Balaban J connectivity index is 1.23. The Morgan fingerprint density at radius 1 is 0.903 bits per heavy atom. The molecule has 4 heterocycles. The molecule has 0 radical (unpaired) electrons. The lowest BCUT2D eigenvalue weighted by molar-refractivity contribution is -0.00925. The minimum absolute atomic E-state index is 0.528. The number of rotatable bonds is 5. The number of β-amino-alcohol motifs (C(OH)–C–C–N with tert-alkyl or cyclic N) is 1. The first-order valence-corrected chi connectivity index (χ1v) is 10.9. The molecule has 31 heavy (non-hydrogen) atoms. The van der Waals surface area contributed by atoms with Gasteiger partial charge in [-0.1, -0.05) is 29.4 Å². The smallest absolute Gasteiger partial charge is 0.250 e. The lowest BCUT2D eigenvalue weighted by Gasteiger charge is -2.44. The van der Waals surface area contributed by atoms with Gasteiger partial charge in [0.1, 0.15) is 5.82 Å². The molecule has 0 amide bonds. The number of tetrazole rings is 1. The fraction of sp³-hybridized carbons (Fsp3) is 0.455. The number of piperazine rings is 1. The summed E-state index contributed by atoms with van der Waals surface area (Å²) in [6, 6.07) is 15.9. The summed E-state index contributed by atoms with van der Waals surface area (Å²) in [6.07, 6.45) is 3.53. The van der Waals surface area contributed by atoms with E-state index in [0.29, 0.717) is 19.0 Å². The first-order chi connectivity index (χ1) is 15.2. The van der Waals surface area contributed by atoms with E-state index in [-0.39, 0.29) is 0 Å². The Hall–Kier alpha value is -3.04. The molecule has 0 saturated carbocycles. The highest BCUT2D eigenvalue weighted by molar-refractivity contribution is 5.41. The van der Waals surface area contributed by atoms with Crippen LogP contribution in [0.2, 0.25) is 0 Å². The summed E-state index contributed by atoms with van der Waals surface area (Å²) in [6.45, 7) is 5.70. The molecule has 2 fully saturated rings. The number of hydrogen-bond donors (Lipinski definition) is 1. The van der Waals surface area contributed by atoms with Crippen LogP contribution >= 0.6 is 0 Å². The number of hydrogen-bond acceptors (Lipinski definition) is 8. The number of benzene rings is 1. The maximum absolute atomic E-state index is 11.4. The summed E-state index contributed by atoms with van der Waals surface area (Å²) in [5.74, 6) is 1.71. The van der Waals surface area contributed by atoms with E-state index >= 15 is 0 Å². The zero-order valence-electron chi connectivity index (χ0n) is 17.6. The van der Waals surface area contributed by atoms with Crippen LogP contribution in [0.15, 0.2) is 54.7 Å². The fourth-order valence-electron chi connectivity index (χ4n) is 4.62. The summed E-state index contributed by atoms with van der Waals surface area (Å²) in [5.41, 5.74) is 0.140. The third-order valence-electron chi connectivity index (χ3n) is 6.16. The van der Waals surface area contributed by atoms with Crippen molar-refractivity contribution < 1.29 is 5.11 Å². The topological polar surface area (TPSA) is 86.4 Å². The van der Waals surface area contributed by atoms with Crippen molar-refractivity contribution in [3.8, 4) is 5.69 Å². The van der Waals surface area contributed by atoms with Crippen molar-refractivity contribution in [1.82, 2.24) is 30.1 Å². The van der Waals surface area contributed by atoms with Crippen LogP contribution < -0.4 is 9.80 Å². The van der Waals surface area contributed by atoms with Gasteiger partial charge in [-0.3, -0.25) is 4.90 Å². The van der Waals surface area contributed by atoms with E-state index < -0.39 is 5.60 Å². The van der Waals surface area contributed by atoms with Crippen molar-refractivity contribution >= 4 is 11.8 Å². The van der Waals surface area contributed by atoms with Gasteiger partial charge in [0.25, 0.3) is 0 Å². The molecule has 3 aromatic rings. The Bertz CT molecular complexity index is 973. The molecule has 2 aliphatic heterocycles. The third-order valence-corrected chi connectivity index (χ3v) is 6.16. The number of piperidine rings is 1. The normalized spacial score (nSPS) is 22.6. The molecule has 0 aliphatic carbocycles. The highest BCUT2D eigenvalue weighted by Crippen LogP contribution is 2.27. The Morgan fingerprint density at radius 3 is 2.48 bits per heavy atom. The second kappa shape index (κ2) is 8.60. The summed E-state index contributed by atoms with van der Waals surface area (Å²) in [7, 11) is 0. The van der Waals surface area contributed by atoms with Crippen LogP contribution in [0.4, 0.5) is 11.8 Å². The lowest BCUT2D eigenvalue weighted by atomic mass is 9.92. The lowest BCUT2D eigenvalue weighted by Crippen LogP contribution is -2.58. The van der Waals surface area contributed by atoms with Crippen LogP contribution in [0.5, 0.6) is 0 Å². The number of para-hydroxylation sites is 1. The largest absolute Gasteiger partial charge is 0.387 e. The molecule has 9 nitrogen and oxygen atoms in total. The van der Waals surface area contributed by atoms with Crippen LogP contribution in [0.25, 0.3) is 5.69 Å². The van der Waals surface area contributed by atoms with Crippen LogP contribution in [0.3, 0.4) is 0 Å². The van der Waals surface area contributed by atoms with Gasteiger partial charge in [0.15, 0.2) is 0 Å². The molecular formula is C22H28N8O. The van der Waals surface area contributed by atoms with Crippen LogP contribution in [-0.2, 0) is 0 Å². The minimum atomic E-state index is -0.779. The molecule has 0 bridgehead atoms. The first kappa shape index (κ1) is 19.9. The van der Waals surface area contributed by atoms with Crippen molar-refractivity contribution in [1.29, 1.82) is 0 Å². The second-order valence-corrected chi connectivity index (χ2v) is 8.43. The molecule has 9 heteroatoms. The predicted octanol–water partition coefficient (Wildman–Crippen LogP) is 1.21. The Kier molecular flexibility index (Phi) is 5.52. The molecular weight excluding hydrogens is 392 g/mol. The molecule has 1 aromatic carbocycles. The van der Waals surface area contributed by atoms with Gasteiger partial charge in [0, 0.05) is 45.5 Å². The molecule has 1 atom stereocenters. The highest BCUT2D eigenvalue weighted by atomic mass is 16.3. The van der Waals surface area contributed by atoms with Crippen LogP contribution in [0, 0.1) is 0 Å². The van der Waals surface area contributed by atoms with Gasteiger partial charge >= 0.3 is 0 Å². The molecule has 1 unspecified atom stereocenters. The summed E-state index contributed by atoms with van der Waals surface area (Å²) in [4.78, 5) is 11.2. The molecule has 0 spiro atoms. The zero-order chi connectivity index (χ0) is 21.1. The SMILES string of the molecule is OC1(CN2CCN(c3ccccn3)CC2)CCCN(c2nnnn2-c2ccccc2)C1. The number of pyridine rings is 1. The van der Waals surface area contributed by atoms with Gasteiger partial charge in [-0.2, -0.15) is 4.68 Å². The molecule has 2 aliphatic rings. The maximum atomic E-state index is 11.4. The monoisotopic (exact) mass is 420 g/mol. The van der Waals surface area contributed by atoms with Crippen molar-refractivity contribution in [3.63, 3.8) is 0 Å². The van der Waals surface area contributed by atoms with E-state index in [4.69, 9.17) is 0 Å². The van der Waals surface area contributed by atoms with Gasteiger partial charge in [0.2, 0.25) is 5.95 Å². The maximum Gasteiger partial charge on any atom is 0.250 e. The standard InChI is InChI=1S/C22H28N8O/c31-22(17-27-13-15-28(16-14-27)20-9-4-5-11-23-20)10-6-12-29(18-22)21-24-25-26-30(21)19-7-2-1-3-8-19/h1-5,7-9,11,31H,6,10,12-18H2. The Labute approximate surface area is 181 Å². The third kappa shape index (κ3) is 4.38. The summed E-state index contributed by atoms with van der Waals surface area (Å²) < 4.78 is 1.75. The number of aromatic nitrogens is 5. The number of anilines is 2. The van der Waals surface area contributed by atoms with E-state index in [2.05, 4.69) is 41.3 Å². The van der Waals surface area contributed by atoms with E-state index in [0.717, 1.165) is 57.1 Å². The second-order valence-electron chi connectivity index (χ2n) is 8.43. The molecule has 2 saturated heterocycles. The summed E-state index contributed by atoms with van der Waals surface area (Å²) >= 11 is 0. The predicted molar refractivity (Wildman–Crippen MR) is 118 cm³/mol. The van der Waals surface area contributed by atoms with Gasteiger partial charge < -0.3 is 14.9 Å². The van der Waals surface area contributed by atoms with Crippen LogP contribution in [0.1, 0.15) is 12.8 Å². The van der Waals surface area contributed by atoms with Gasteiger partial charge in [-0.15, -0.1) is 0 Å². The van der Waals surface area contributed by atoms with Crippen molar-refractivity contribution in [3.05, 3.63) is 54.7 Å². The summed E-state index contributed by atoms with van der Waals surface area (Å²) in [5, 5.41) is 23.8. The molecule has 162 valence electrons. The molecule has 2 aromatic heterocycles. The zero-order valence-corrected chi connectivity index (χ0v) is 17.6. The minimum Gasteiger partial charge on any atom is -0.387 e. The average molecular weight is 421 g/mol. The highest BCUT2D eigenvalue weighted by Gasteiger charge is 2.37. The van der Waals surface area contributed by atoms with E-state index in [1.807, 2.05) is 48.7 Å². The molecule has 1 N–H and O–H groups in total. The number of nitrogens with zero attached hydrogens (tertiary/aromatic N) is 8. The average Bonchev–Trinajstić information content (AvgIpc) is 3.31. The van der Waals surface area contributed by atoms with E-state index in [1.165, 1.54) is 0 Å². The van der Waals surface area contributed by atoms with Gasteiger partial charge in [0.05, 0.1) is 17.8 Å². The first-order valence-electron chi connectivity index (χ1n) is 10.9. The Morgan fingerprint density at radius 2 is 1.71 bits per heavy atom. The molecule has 5 rings (SSSR count).